The molecule has 7 nitrogen and oxygen atoms in total. The van der Waals surface area contributed by atoms with E-state index in [-0.39, 0.29) is 11.9 Å². The summed E-state index contributed by atoms with van der Waals surface area (Å²) in [4.78, 5) is 32.7. The lowest BCUT2D eigenvalue weighted by Gasteiger charge is -2.28. The number of anilines is 1. The van der Waals surface area contributed by atoms with Gasteiger partial charge in [-0.3, -0.25) is 4.79 Å². The van der Waals surface area contributed by atoms with Crippen LogP contribution < -0.4 is 4.90 Å². The lowest BCUT2D eigenvalue weighted by atomic mass is 9.95. The number of aromatic nitrogens is 3. The second kappa shape index (κ2) is 4.91. The van der Waals surface area contributed by atoms with Gasteiger partial charge in [0.2, 0.25) is 5.95 Å². The van der Waals surface area contributed by atoms with Gasteiger partial charge in [-0.05, 0) is 25.0 Å². The number of nitrogens with zero attached hydrogens (tertiary/aromatic N) is 5. The van der Waals surface area contributed by atoms with Crippen molar-refractivity contribution in [3.63, 3.8) is 0 Å². The molecule has 0 radical (unpaired) electrons. The van der Waals surface area contributed by atoms with E-state index in [0.29, 0.717) is 31.3 Å². The molecule has 23 heavy (non-hydrogen) atoms. The van der Waals surface area contributed by atoms with Crippen molar-refractivity contribution in [2.75, 3.05) is 4.90 Å². The standard InChI is InChI=1S/C16H17N5O2/c1-3-20-15(17-10(2)18-20)21-14(22)13-8-11-6-4-5-7-12(11)9-19(13)16(21)23/h4-7,13H,3,8-9H2,1-2H3. The molecule has 2 aliphatic rings. The topological polar surface area (TPSA) is 71.3 Å². The summed E-state index contributed by atoms with van der Waals surface area (Å²) in [6.07, 6.45) is 0.552. The average Bonchev–Trinajstić information content (AvgIpc) is 3.04. The summed E-state index contributed by atoms with van der Waals surface area (Å²) in [5.41, 5.74) is 2.23. The van der Waals surface area contributed by atoms with E-state index in [1.54, 1.807) is 16.5 Å². The number of fused-ring (bicyclic) bond motifs is 2. The smallest absolute Gasteiger partial charge is 0.307 e. The van der Waals surface area contributed by atoms with Gasteiger partial charge in [-0.25, -0.2) is 9.48 Å². The van der Waals surface area contributed by atoms with Gasteiger partial charge in [0.05, 0.1) is 0 Å². The molecule has 1 fully saturated rings. The average molecular weight is 311 g/mol. The monoisotopic (exact) mass is 311 g/mol. The van der Waals surface area contributed by atoms with Crippen LogP contribution in [0.25, 0.3) is 0 Å². The molecular formula is C16H17N5O2. The first-order chi connectivity index (χ1) is 11.1. The Labute approximate surface area is 133 Å². The summed E-state index contributed by atoms with van der Waals surface area (Å²) >= 11 is 0. The van der Waals surface area contributed by atoms with Crippen LogP contribution in [0.1, 0.15) is 23.9 Å². The summed E-state index contributed by atoms with van der Waals surface area (Å²) in [7, 11) is 0. The number of rotatable bonds is 2. The molecule has 0 N–H and O–H groups in total. The first-order valence-corrected chi connectivity index (χ1v) is 7.73. The van der Waals surface area contributed by atoms with E-state index in [1.165, 1.54) is 4.90 Å². The molecule has 3 heterocycles. The van der Waals surface area contributed by atoms with Crippen molar-refractivity contribution in [1.29, 1.82) is 0 Å². The number of carbonyl (C=O) groups is 2. The van der Waals surface area contributed by atoms with E-state index in [2.05, 4.69) is 10.1 Å². The van der Waals surface area contributed by atoms with E-state index in [1.807, 2.05) is 31.2 Å². The highest BCUT2D eigenvalue weighted by Crippen LogP contribution is 2.32. The van der Waals surface area contributed by atoms with E-state index in [4.69, 9.17) is 0 Å². The Kier molecular flexibility index (Phi) is 2.97. The summed E-state index contributed by atoms with van der Waals surface area (Å²) < 4.78 is 1.59. The fourth-order valence-electron chi connectivity index (χ4n) is 3.32. The first-order valence-electron chi connectivity index (χ1n) is 7.73. The molecule has 1 aromatic carbocycles. The maximum absolute atomic E-state index is 12.8. The zero-order valence-corrected chi connectivity index (χ0v) is 13.1. The highest BCUT2D eigenvalue weighted by Gasteiger charge is 2.49. The molecule has 1 aromatic heterocycles. The Morgan fingerprint density at radius 1 is 1.22 bits per heavy atom. The Morgan fingerprint density at radius 3 is 2.70 bits per heavy atom. The van der Waals surface area contributed by atoms with Crippen LogP contribution in [-0.2, 0) is 24.3 Å². The molecule has 0 spiro atoms. The summed E-state index contributed by atoms with van der Waals surface area (Å²) in [5.74, 6) is 0.653. The predicted octanol–water partition coefficient (Wildman–Crippen LogP) is 1.50. The second-order valence-electron chi connectivity index (χ2n) is 5.85. The number of carbonyl (C=O) groups excluding carboxylic acids is 2. The molecule has 0 bridgehead atoms. The van der Waals surface area contributed by atoms with Crippen molar-refractivity contribution in [2.45, 2.75) is 39.4 Å². The number of aryl methyl sites for hydroxylation is 2. The third-order valence-corrected chi connectivity index (χ3v) is 4.45. The zero-order valence-electron chi connectivity index (χ0n) is 13.1. The van der Waals surface area contributed by atoms with Gasteiger partial charge in [-0.15, -0.1) is 0 Å². The van der Waals surface area contributed by atoms with Crippen molar-refractivity contribution in [2.24, 2.45) is 0 Å². The molecule has 3 amide bonds. The molecule has 1 unspecified atom stereocenters. The largest absolute Gasteiger partial charge is 0.334 e. The number of imide groups is 1. The van der Waals surface area contributed by atoms with Crippen molar-refractivity contribution in [3.05, 3.63) is 41.2 Å². The fraction of sp³-hybridized carbons (Fsp3) is 0.375. The Hall–Kier alpha value is -2.70. The van der Waals surface area contributed by atoms with E-state index in [9.17, 15) is 9.59 Å². The van der Waals surface area contributed by atoms with Gasteiger partial charge < -0.3 is 4.90 Å². The molecule has 0 aliphatic carbocycles. The highest BCUT2D eigenvalue weighted by atomic mass is 16.2. The number of benzene rings is 1. The van der Waals surface area contributed by atoms with Crippen LogP contribution in [-0.4, -0.2) is 37.6 Å². The fourth-order valence-corrected chi connectivity index (χ4v) is 3.32. The molecule has 0 saturated carbocycles. The van der Waals surface area contributed by atoms with Gasteiger partial charge in [0.1, 0.15) is 11.9 Å². The summed E-state index contributed by atoms with van der Waals surface area (Å²) in [6, 6.07) is 7.19. The number of hydrogen-bond donors (Lipinski definition) is 0. The number of hydrogen-bond acceptors (Lipinski definition) is 4. The van der Waals surface area contributed by atoms with Crippen LogP contribution >= 0.6 is 0 Å². The SMILES string of the molecule is CCn1nc(C)nc1N1C(=O)C2Cc3ccccc3CN2C1=O. The molecule has 2 aromatic rings. The van der Waals surface area contributed by atoms with Crippen LogP contribution in [0.2, 0.25) is 0 Å². The minimum atomic E-state index is -0.445. The first kappa shape index (κ1) is 13.9. The maximum atomic E-state index is 12.8. The molecule has 4 rings (SSSR count). The van der Waals surface area contributed by atoms with Gasteiger partial charge in [-0.1, -0.05) is 24.3 Å². The van der Waals surface area contributed by atoms with Gasteiger partial charge in [-0.2, -0.15) is 15.0 Å². The van der Waals surface area contributed by atoms with Crippen LogP contribution in [0.3, 0.4) is 0 Å². The molecule has 1 saturated heterocycles. The van der Waals surface area contributed by atoms with Crippen LogP contribution in [0.15, 0.2) is 24.3 Å². The van der Waals surface area contributed by atoms with Crippen molar-refractivity contribution in [1.82, 2.24) is 19.7 Å². The normalized spacial score (nSPS) is 20.0. The van der Waals surface area contributed by atoms with E-state index < -0.39 is 6.04 Å². The zero-order chi connectivity index (χ0) is 16.1. The Morgan fingerprint density at radius 2 is 1.96 bits per heavy atom. The minimum Gasteiger partial charge on any atom is -0.307 e. The van der Waals surface area contributed by atoms with Gasteiger partial charge in [0.15, 0.2) is 0 Å². The Balaban J connectivity index is 1.74. The lowest BCUT2D eigenvalue weighted by Crippen LogP contribution is -2.39. The van der Waals surface area contributed by atoms with Crippen LogP contribution in [0.5, 0.6) is 0 Å². The Bertz CT molecular complexity index is 770. The number of urea groups is 1. The number of amides is 3. The quantitative estimate of drug-likeness (QED) is 0.788. The van der Waals surface area contributed by atoms with E-state index >= 15 is 0 Å². The van der Waals surface area contributed by atoms with Crippen molar-refractivity contribution < 1.29 is 9.59 Å². The van der Waals surface area contributed by atoms with Crippen LogP contribution in [0.4, 0.5) is 10.7 Å². The van der Waals surface area contributed by atoms with Gasteiger partial charge in [0, 0.05) is 19.5 Å². The van der Waals surface area contributed by atoms with Crippen LogP contribution in [0, 0.1) is 6.92 Å². The summed E-state index contributed by atoms with van der Waals surface area (Å²) in [5, 5.41) is 4.24. The lowest BCUT2D eigenvalue weighted by molar-refractivity contribution is -0.120. The third-order valence-electron chi connectivity index (χ3n) is 4.45. The minimum absolute atomic E-state index is 0.216. The molecule has 1 atom stereocenters. The maximum Gasteiger partial charge on any atom is 0.334 e. The summed E-state index contributed by atoms with van der Waals surface area (Å²) in [6.45, 7) is 4.68. The van der Waals surface area contributed by atoms with Crippen molar-refractivity contribution in [3.8, 4) is 0 Å². The third kappa shape index (κ3) is 1.96. The van der Waals surface area contributed by atoms with E-state index in [0.717, 1.165) is 11.1 Å². The highest BCUT2D eigenvalue weighted by molar-refractivity contribution is 6.20. The molecule has 2 aliphatic heterocycles. The molecule has 118 valence electrons. The molecule has 7 heteroatoms. The second-order valence-corrected chi connectivity index (χ2v) is 5.85. The predicted molar refractivity (Wildman–Crippen MR) is 82.8 cm³/mol. The van der Waals surface area contributed by atoms with Gasteiger partial charge in [0.25, 0.3) is 5.91 Å². The molecular weight excluding hydrogens is 294 g/mol. The van der Waals surface area contributed by atoms with Gasteiger partial charge >= 0.3 is 6.03 Å². The van der Waals surface area contributed by atoms with Crippen molar-refractivity contribution >= 4 is 17.9 Å².